The second-order valence-electron chi connectivity index (χ2n) is 7.08. The molecule has 2 aromatic rings. The summed E-state index contributed by atoms with van der Waals surface area (Å²) in [6, 6.07) is 14.0. The van der Waals surface area contributed by atoms with Crippen LogP contribution in [0.4, 0.5) is 0 Å². The van der Waals surface area contributed by atoms with Crippen LogP contribution in [0.1, 0.15) is 24.8 Å². The number of benzene rings is 2. The molecule has 0 radical (unpaired) electrons. The van der Waals surface area contributed by atoms with E-state index in [2.05, 4.69) is 0 Å². The number of halogens is 1. The molecule has 8 heteroatoms. The highest BCUT2D eigenvalue weighted by Gasteiger charge is 2.26. The molecule has 1 heterocycles. The zero-order valence-electron chi connectivity index (χ0n) is 16.4. The molecule has 0 saturated carbocycles. The molecule has 1 aliphatic heterocycles. The van der Waals surface area contributed by atoms with Gasteiger partial charge < -0.3 is 9.64 Å². The average Bonchev–Trinajstić information content (AvgIpc) is 2.74. The first-order valence-electron chi connectivity index (χ1n) is 9.58. The second kappa shape index (κ2) is 9.61. The topological polar surface area (TPSA) is 66.9 Å². The largest absolute Gasteiger partial charge is 0.482 e. The second-order valence-corrected chi connectivity index (χ2v) is 9.43. The quantitative estimate of drug-likeness (QED) is 0.665. The summed E-state index contributed by atoms with van der Waals surface area (Å²) in [7, 11) is -1.86. The lowest BCUT2D eigenvalue weighted by atomic mass is 10.2. The fraction of sp³-hybridized carbons (Fsp3) is 0.381. The van der Waals surface area contributed by atoms with Gasteiger partial charge in [-0.15, -0.1) is 0 Å². The number of amides is 1. The maximum atomic E-state index is 12.7. The number of hydrogen-bond acceptors (Lipinski definition) is 4. The van der Waals surface area contributed by atoms with E-state index in [0.717, 1.165) is 24.8 Å². The molecule has 3 rings (SSSR count). The number of rotatable bonds is 7. The normalized spacial score (nSPS) is 15.1. The summed E-state index contributed by atoms with van der Waals surface area (Å²) in [4.78, 5) is 14.0. The first-order valence-corrected chi connectivity index (χ1v) is 11.4. The van der Waals surface area contributed by atoms with Gasteiger partial charge in [-0.3, -0.25) is 4.79 Å². The van der Waals surface area contributed by atoms with Crippen LogP contribution in [0.2, 0.25) is 5.02 Å². The zero-order valence-corrected chi connectivity index (χ0v) is 18.0. The van der Waals surface area contributed by atoms with Crippen LogP contribution in [0.5, 0.6) is 5.75 Å². The molecule has 6 nitrogen and oxygen atoms in total. The van der Waals surface area contributed by atoms with E-state index in [9.17, 15) is 13.2 Å². The van der Waals surface area contributed by atoms with Gasteiger partial charge >= 0.3 is 0 Å². The van der Waals surface area contributed by atoms with Gasteiger partial charge in [0.05, 0.1) is 9.92 Å². The Labute approximate surface area is 177 Å². The summed E-state index contributed by atoms with van der Waals surface area (Å²) in [5.41, 5.74) is 1.02. The minimum Gasteiger partial charge on any atom is -0.482 e. The molecular formula is C21H25ClN2O4S. The minimum absolute atomic E-state index is 0.143. The number of piperidine rings is 1. The van der Waals surface area contributed by atoms with Crippen molar-refractivity contribution >= 4 is 27.5 Å². The van der Waals surface area contributed by atoms with Gasteiger partial charge in [0.2, 0.25) is 10.0 Å². The van der Waals surface area contributed by atoms with Gasteiger partial charge in [0.1, 0.15) is 5.75 Å². The molecule has 29 heavy (non-hydrogen) atoms. The molecule has 0 N–H and O–H groups in total. The smallest absolute Gasteiger partial charge is 0.260 e. The lowest BCUT2D eigenvalue weighted by molar-refractivity contribution is -0.132. The Hall–Kier alpha value is -2.09. The van der Waals surface area contributed by atoms with Crippen molar-refractivity contribution in [2.45, 2.75) is 30.7 Å². The SMILES string of the molecule is CN(Cc1ccccc1)C(=O)COc1ccc(S(=O)(=O)N2CCCCC2)cc1Cl. The van der Waals surface area contributed by atoms with Gasteiger partial charge in [0, 0.05) is 26.7 Å². The van der Waals surface area contributed by atoms with Crippen LogP contribution in [0.25, 0.3) is 0 Å². The number of nitrogens with zero attached hydrogens (tertiary/aromatic N) is 2. The molecule has 0 spiro atoms. The Kier molecular flexibility index (Phi) is 7.16. The van der Waals surface area contributed by atoms with E-state index >= 15 is 0 Å². The van der Waals surface area contributed by atoms with E-state index in [4.69, 9.17) is 16.3 Å². The van der Waals surface area contributed by atoms with Gasteiger partial charge in [-0.25, -0.2) is 8.42 Å². The highest BCUT2D eigenvalue weighted by molar-refractivity contribution is 7.89. The van der Waals surface area contributed by atoms with Gasteiger partial charge in [-0.05, 0) is 36.6 Å². The van der Waals surface area contributed by atoms with E-state index < -0.39 is 10.0 Å². The fourth-order valence-electron chi connectivity index (χ4n) is 3.21. The van der Waals surface area contributed by atoms with E-state index in [1.807, 2.05) is 30.3 Å². The van der Waals surface area contributed by atoms with Crippen molar-refractivity contribution in [1.82, 2.24) is 9.21 Å². The summed E-state index contributed by atoms with van der Waals surface area (Å²) in [6.07, 6.45) is 2.78. The Bertz CT molecular complexity index is 944. The zero-order chi connectivity index (χ0) is 20.9. The predicted molar refractivity (Wildman–Crippen MR) is 112 cm³/mol. The maximum Gasteiger partial charge on any atom is 0.260 e. The number of sulfonamides is 1. The van der Waals surface area contributed by atoms with Crippen LogP contribution in [0.3, 0.4) is 0 Å². The lowest BCUT2D eigenvalue weighted by Gasteiger charge is -2.26. The van der Waals surface area contributed by atoms with Gasteiger partial charge in [0.25, 0.3) is 5.91 Å². The molecular weight excluding hydrogens is 412 g/mol. The van der Waals surface area contributed by atoms with Gasteiger partial charge in [0.15, 0.2) is 6.61 Å². The number of carbonyl (C=O) groups is 1. The summed E-state index contributed by atoms with van der Waals surface area (Å²) < 4.78 is 32.5. The van der Waals surface area contributed by atoms with Crippen LogP contribution in [-0.2, 0) is 21.4 Å². The standard InChI is InChI=1S/C21H25ClN2O4S/c1-23(15-17-8-4-2-5-9-17)21(25)16-28-20-11-10-18(14-19(20)22)29(26,27)24-12-6-3-7-13-24/h2,4-5,8-11,14H,3,6-7,12-13,15-16H2,1H3. The number of ether oxygens (including phenoxy) is 1. The van der Waals surface area contributed by atoms with Crippen LogP contribution < -0.4 is 4.74 Å². The molecule has 2 aromatic carbocycles. The Balaban J connectivity index is 1.61. The van der Waals surface area contributed by atoms with Crippen molar-refractivity contribution in [3.8, 4) is 5.75 Å². The molecule has 1 fully saturated rings. The predicted octanol–water partition coefficient (Wildman–Crippen LogP) is 3.55. The minimum atomic E-state index is -3.56. The van der Waals surface area contributed by atoms with Crippen LogP contribution in [0.15, 0.2) is 53.4 Å². The van der Waals surface area contributed by atoms with E-state index in [1.165, 1.54) is 22.5 Å². The molecule has 0 aromatic heterocycles. The molecule has 156 valence electrons. The van der Waals surface area contributed by atoms with Gasteiger partial charge in [-0.2, -0.15) is 4.31 Å². The van der Waals surface area contributed by atoms with Crippen LogP contribution in [0, 0.1) is 0 Å². The van der Waals surface area contributed by atoms with Crippen molar-refractivity contribution in [1.29, 1.82) is 0 Å². The van der Waals surface area contributed by atoms with E-state index in [1.54, 1.807) is 11.9 Å². The monoisotopic (exact) mass is 436 g/mol. The third-order valence-corrected chi connectivity index (χ3v) is 7.09. The third-order valence-electron chi connectivity index (χ3n) is 4.90. The molecule has 0 bridgehead atoms. The molecule has 1 amide bonds. The number of hydrogen-bond donors (Lipinski definition) is 0. The Morgan fingerprint density at radius 3 is 2.45 bits per heavy atom. The maximum absolute atomic E-state index is 12.7. The summed E-state index contributed by atoms with van der Waals surface area (Å²) in [5.74, 6) is 0.0839. The molecule has 0 atom stereocenters. The van der Waals surface area contributed by atoms with Crippen molar-refractivity contribution in [2.24, 2.45) is 0 Å². The average molecular weight is 437 g/mol. The molecule has 0 unspecified atom stereocenters. The summed E-state index contributed by atoms with van der Waals surface area (Å²) >= 11 is 6.23. The molecule has 0 aliphatic carbocycles. The third kappa shape index (κ3) is 5.50. The molecule has 1 saturated heterocycles. The van der Waals surface area contributed by atoms with Crippen LogP contribution in [-0.4, -0.2) is 50.3 Å². The van der Waals surface area contributed by atoms with Crippen molar-refractivity contribution in [2.75, 3.05) is 26.7 Å². The van der Waals surface area contributed by atoms with Crippen molar-refractivity contribution < 1.29 is 17.9 Å². The van der Waals surface area contributed by atoms with Crippen molar-refractivity contribution in [3.63, 3.8) is 0 Å². The Morgan fingerprint density at radius 1 is 1.10 bits per heavy atom. The highest BCUT2D eigenvalue weighted by Crippen LogP contribution is 2.29. The van der Waals surface area contributed by atoms with Gasteiger partial charge in [-0.1, -0.05) is 48.4 Å². The van der Waals surface area contributed by atoms with E-state index in [-0.39, 0.29) is 28.2 Å². The Morgan fingerprint density at radius 2 is 1.79 bits per heavy atom. The van der Waals surface area contributed by atoms with Crippen LogP contribution >= 0.6 is 11.6 Å². The van der Waals surface area contributed by atoms with Crippen molar-refractivity contribution in [3.05, 3.63) is 59.1 Å². The summed E-state index contributed by atoms with van der Waals surface area (Å²) in [6.45, 7) is 1.35. The first kappa shape index (κ1) is 21.6. The number of likely N-dealkylation sites (N-methyl/N-ethyl adjacent to an activating group) is 1. The fourth-order valence-corrected chi connectivity index (χ4v) is 5.05. The lowest BCUT2D eigenvalue weighted by Crippen LogP contribution is -2.35. The summed E-state index contributed by atoms with van der Waals surface area (Å²) in [5, 5.41) is 0.168. The molecule has 1 aliphatic rings. The highest BCUT2D eigenvalue weighted by atomic mass is 35.5. The first-order chi connectivity index (χ1) is 13.9. The number of carbonyl (C=O) groups excluding carboxylic acids is 1. The van der Waals surface area contributed by atoms with E-state index in [0.29, 0.717) is 19.6 Å².